The summed E-state index contributed by atoms with van der Waals surface area (Å²) in [5.41, 5.74) is -0.0311. The van der Waals surface area contributed by atoms with Gasteiger partial charge in [0.25, 0.3) is 11.8 Å². The first-order chi connectivity index (χ1) is 18.2. The van der Waals surface area contributed by atoms with Crippen molar-refractivity contribution in [3.63, 3.8) is 0 Å². The van der Waals surface area contributed by atoms with E-state index in [1.807, 2.05) is 20.8 Å². The van der Waals surface area contributed by atoms with Gasteiger partial charge in [0.15, 0.2) is 11.5 Å². The standard InChI is InChI=1S/C27H28F3N7O2/c1-25(2,3)18-12-19(16-6-8-17(9-7-16)27(28,29)30)34-37-14-20(33-22(18)37)23(38)36-11-10-35(21-13-31-15-32-21)24(39)26(36,4)5/h6-9,12-15H,10-11H2,1-5H3,(H,31,32). The van der Waals surface area contributed by atoms with Crippen LogP contribution in [0.1, 0.15) is 56.2 Å². The van der Waals surface area contributed by atoms with E-state index < -0.39 is 28.6 Å². The van der Waals surface area contributed by atoms with E-state index in [4.69, 9.17) is 0 Å². The van der Waals surface area contributed by atoms with Gasteiger partial charge in [-0.15, -0.1) is 0 Å². The Labute approximate surface area is 222 Å². The lowest BCUT2D eigenvalue weighted by atomic mass is 9.87. The summed E-state index contributed by atoms with van der Waals surface area (Å²) in [6, 6.07) is 6.57. The van der Waals surface area contributed by atoms with Gasteiger partial charge >= 0.3 is 6.18 Å². The molecular formula is C27H28F3N7O2. The van der Waals surface area contributed by atoms with E-state index in [1.54, 1.807) is 31.0 Å². The second-order valence-corrected chi connectivity index (χ2v) is 11.1. The summed E-state index contributed by atoms with van der Waals surface area (Å²) < 4.78 is 40.7. The number of hydrogen-bond donors (Lipinski definition) is 1. The number of aromatic amines is 1. The zero-order valence-corrected chi connectivity index (χ0v) is 22.2. The van der Waals surface area contributed by atoms with Crippen LogP contribution in [-0.2, 0) is 16.4 Å². The highest BCUT2D eigenvalue weighted by Crippen LogP contribution is 2.34. The molecule has 9 nitrogen and oxygen atoms in total. The third-order valence-electron chi connectivity index (χ3n) is 6.96. The topological polar surface area (TPSA) is 99.5 Å². The lowest BCUT2D eigenvalue weighted by Crippen LogP contribution is -2.65. The third-order valence-corrected chi connectivity index (χ3v) is 6.96. The van der Waals surface area contributed by atoms with Crippen LogP contribution >= 0.6 is 0 Å². The van der Waals surface area contributed by atoms with Crippen molar-refractivity contribution in [2.75, 3.05) is 18.0 Å². The number of anilines is 1. The fourth-order valence-electron chi connectivity index (χ4n) is 4.74. The molecule has 0 aliphatic carbocycles. The Bertz CT molecular complexity index is 1550. The van der Waals surface area contributed by atoms with E-state index in [-0.39, 0.29) is 24.7 Å². The molecular weight excluding hydrogens is 511 g/mol. The van der Waals surface area contributed by atoms with Crippen LogP contribution in [0.25, 0.3) is 16.9 Å². The van der Waals surface area contributed by atoms with Crippen LogP contribution in [-0.4, -0.2) is 59.9 Å². The number of aromatic nitrogens is 5. The van der Waals surface area contributed by atoms with E-state index in [1.165, 1.54) is 34.1 Å². The van der Waals surface area contributed by atoms with Crippen LogP contribution in [0.4, 0.5) is 19.0 Å². The minimum absolute atomic E-state index is 0.117. The maximum Gasteiger partial charge on any atom is 0.416 e. The third kappa shape index (κ3) is 4.64. The summed E-state index contributed by atoms with van der Waals surface area (Å²) in [5, 5.41) is 4.57. The predicted octanol–water partition coefficient (Wildman–Crippen LogP) is 4.70. The average molecular weight is 540 g/mol. The van der Waals surface area contributed by atoms with Gasteiger partial charge in [0.2, 0.25) is 0 Å². The molecule has 2 amide bonds. The van der Waals surface area contributed by atoms with Crippen molar-refractivity contribution in [3.8, 4) is 11.3 Å². The molecule has 0 bridgehead atoms. The van der Waals surface area contributed by atoms with E-state index in [0.717, 1.165) is 17.7 Å². The highest BCUT2D eigenvalue weighted by atomic mass is 19.4. The number of nitrogens with zero attached hydrogens (tertiary/aromatic N) is 6. The molecule has 0 radical (unpaired) electrons. The van der Waals surface area contributed by atoms with Gasteiger partial charge < -0.3 is 9.88 Å². The average Bonchev–Trinajstić information content (AvgIpc) is 3.54. The van der Waals surface area contributed by atoms with Gasteiger partial charge in [-0.2, -0.15) is 18.3 Å². The number of H-pyrrole nitrogens is 1. The van der Waals surface area contributed by atoms with Crippen LogP contribution in [0.3, 0.4) is 0 Å². The second-order valence-electron chi connectivity index (χ2n) is 11.1. The van der Waals surface area contributed by atoms with Gasteiger partial charge in [-0.05, 0) is 37.5 Å². The monoisotopic (exact) mass is 539 g/mol. The molecule has 5 rings (SSSR count). The first-order valence-corrected chi connectivity index (χ1v) is 12.4. The summed E-state index contributed by atoms with van der Waals surface area (Å²) in [6.07, 6.45) is 0.177. The molecule has 0 atom stereocenters. The Morgan fingerprint density at radius 3 is 2.36 bits per heavy atom. The summed E-state index contributed by atoms with van der Waals surface area (Å²) >= 11 is 0. The fraction of sp³-hybridized carbons (Fsp3) is 0.370. The van der Waals surface area contributed by atoms with Crippen molar-refractivity contribution < 1.29 is 22.8 Å². The van der Waals surface area contributed by atoms with Crippen LogP contribution in [0.5, 0.6) is 0 Å². The van der Waals surface area contributed by atoms with Gasteiger partial charge in [0.05, 0.1) is 23.8 Å². The summed E-state index contributed by atoms with van der Waals surface area (Å²) in [6.45, 7) is 9.85. The molecule has 1 saturated heterocycles. The SMILES string of the molecule is CC(C)(C)c1cc(-c2ccc(C(F)(F)F)cc2)nn2cc(C(=O)N3CCN(c4c[nH]cn4)C(=O)C3(C)C)nc12. The Kier molecular flexibility index (Phi) is 6.04. The smallest absolute Gasteiger partial charge is 0.349 e. The van der Waals surface area contributed by atoms with Crippen LogP contribution in [0.2, 0.25) is 0 Å². The lowest BCUT2D eigenvalue weighted by Gasteiger charge is -2.44. The minimum Gasteiger partial charge on any atom is -0.349 e. The summed E-state index contributed by atoms with van der Waals surface area (Å²) in [7, 11) is 0. The largest absolute Gasteiger partial charge is 0.416 e. The number of carbonyl (C=O) groups excluding carboxylic acids is 2. The molecule has 4 heterocycles. The molecule has 0 unspecified atom stereocenters. The van der Waals surface area contributed by atoms with Crippen molar-refractivity contribution in [2.45, 2.75) is 51.7 Å². The van der Waals surface area contributed by atoms with Crippen LogP contribution in [0, 0.1) is 0 Å². The number of alkyl halides is 3. The molecule has 1 N–H and O–H groups in total. The molecule has 0 saturated carbocycles. The number of hydrogen-bond acceptors (Lipinski definition) is 5. The van der Waals surface area contributed by atoms with E-state index >= 15 is 0 Å². The molecule has 39 heavy (non-hydrogen) atoms. The maximum absolute atomic E-state index is 13.7. The molecule has 4 aromatic rings. The van der Waals surface area contributed by atoms with E-state index in [0.29, 0.717) is 22.7 Å². The number of piperazine rings is 1. The number of imidazole rings is 2. The quantitative estimate of drug-likeness (QED) is 0.407. The Morgan fingerprint density at radius 2 is 1.77 bits per heavy atom. The normalized spacial score (nSPS) is 16.3. The van der Waals surface area contributed by atoms with Gasteiger partial charge in [0.1, 0.15) is 11.2 Å². The Morgan fingerprint density at radius 1 is 1.08 bits per heavy atom. The Balaban J connectivity index is 1.52. The second kappa shape index (κ2) is 8.92. The van der Waals surface area contributed by atoms with Gasteiger partial charge in [-0.1, -0.05) is 32.9 Å². The lowest BCUT2D eigenvalue weighted by molar-refractivity contribution is -0.137. The predicted molar refractivity (Wildman–Crippen MR) is 138 cm³/mol. The van der Waals surface area contributed by atoms with E-state index in [2.05, 4.69) is 20.1 Å². The highest BCUT2D eigenvalue weighted by molar-refractivity contribution is 6.05. The molecule has 204 valence electrons. The van der Waals surface area contributed by atoms with Gasteiger partial charge in [-0.25, -0.2) is 14.5 Å². The number of amides is 2. The zero-order valence-electron chi connectivity index (χ0n) is 22.2. The zero-order chi connectivity index (χ0) is 28.3. The summed E-state index contributed by atoms with van der Waals surface area (Å²) in [4.78, 5) is 41.6. The molecule has 0 spiro atoms. The number of fused-ring (bicyclic) bond motifs is 1. The van der Waals surface area contributed by atoms with Gasteiger partial charge in [-0.3, -0.25) is 14.5 Å². The molecule has 1 fully saturated rings. The first kappa shape index (κ1) is 26.4. The molecule has 1 aliphatic rings. The first-order valence-electron chi connectivity index (χ1n) is 12.4. The number of carbonyl (C=O) groups is 2. The van der Waals surface area contributed by atoms with Crippen LogP contribution < -0.4 is 4.90 Å². The maximum atomic E-state index is 13.7. The Hall–Kier alpha value is -4.22. The summed E-state index contributed by atoms with van der Waals surface area (Å²) in [5.74, 6) is -0.199. The molecule has 3 aromatic heterocycles. The number of nitrogens with one attached hydrogen (secondary N) is 1. The van der Waals surface area contributed by atoms with Crippen molar-refractivity contribution >= 4 is 23.3 Å². The van der Waals surface area contributed by atoms with Crippen molar-refractivity contribution in [3.05, 3.63) is 65.9 Å². The molecule has 1 aliphatic heterocycles. The minimum atomic E-state index is -4.44. The van der Waals surface area contributed by atoms with Crippen LogP contribution in [0.15, 0.2) is 49.1 Å². The van der Waals surface area contributed by atoms with Crippen molar-refractivity contribution in [1.29, 1.82) is 0 Å². The molecule has 1 aromatic carbocycles. The number of halogens is 3. The van der Waals surface area contributed by atoms with Gasteiger partial charge in [0, 0.05) is 30.4 Å². The highest BCUT2D eigenvalue weighted by Gasteiger charge is 2.46. The molecule has 12 heteroatoms. The van der Waals surface area contributed by atoms with Crippen molar-refractivity contribution in [2.24, 2.45) is 0 Å². The number of rotatable bonds is 3. The van der Waals surface area contributed by atoms with Crippen molar-refractivity contribution in [1.82, 2.24) is 29.5 Å². The number of benzene rings is 1. The van der Waals surface area contributed by atoms with E-state index in [9.17, 15) is 22.8 Å². The fourth-order valence-corrected chi connectivity index (χ4v) is 4.74.